The molecule has 146 valence electrons. The molecule has 0 radical (unpaired) electrons. The van der Waals surface area contributed by atoms with Crippen LogP contribution in [0, 0.1) is 0 Å². The monoisotopic (exact) mass is 408 g/mol. The average molecular weight is 409 g/mol. The van der Waals surface area contributed by atoms with Gasteiger partial charge in [-0.05, 0) is 47.0 Å². The van der Waals surface area contributed by atoms with E-state index in [0.29, 0.717) is 16.4 Å². The minimum absolute atomic E-state index is 0.0119. The molecule has 1 aliphatic heterocycles. The quantitative estimate of drug-likeness (QED) is 0.562. The molecule has 1 aliphatic rings. The maximum absolute atomic E-state index is 12.6. The molecular weight excluding hydrogens is 392 g/mol. The minimum Gasteiger partial charge on any atom is -0.357 e. The molecule has 3 N–H and O–H groups in total. The molecular formula is C21H17ClN4O3. The highest BCUT2D eigenvalue weighted by Crippen LogP contribution is 2.23. The summed E-state index contributed by atoms with van der Waals surface area (Å²) in [4.78, 5) is 40.1. The Morgan fingerprint density at radius 2 is 1.86 bits per heavy atom. The number of amides is 4. The minimum atomic E-state index is -0.412. The van der Waals surface area contributed by atoms with Crippen molar-refractivity contribution in [2.75, 3.05) is 11.9 Å². The smallest absolute Gasteiger partial charge is 0.324 e. The molecule has 3 aromatic rings. The SMILES string of the molecule is O=C(Nc1cccc(CN2C(=O)CNC2=O)c1)c1cc(-c2ccc(Cl)cc2)c[nH]1. The lowest BCUT2D eigenvalue weighted by Crippen LogP contribution is -2.30. The van der Waals surface area contributed by atoms with Gasteiger partial charge < -0.3 is 15.6 Å². The van der Waals surface area contributed by atoms with Crippen molar-refractivity contribution in [3.8, 4) is 11.1 Å². The van der Waals surface area contributed by atoms with Crippen LogP contribution < -0.4 is 10.6 Å². The number of rotatable bonds is 5. The maximum Gasteiger partial charge on any atom is 0.324 e. The number of hydrogen-bond donors (Lipinski definition) is 3. The molecule has 0 atom stereocenters. The number of nitrogens with zero attached hydrogens (tertiary/aromatic N) is 1. The summed E-state index contributed by atoms with van der Waals surface area (Å²) in [6.07, 6.45) is 1.76. The first-order valence-corrected chi connectivity index (χ1v) is 9.30. The summed E-state index contributed by atoms with van der Waals surface area (Å²) in [5, 5.41) is 5.96. The number of urea groups is 1. The lowest BCUT2D eigenvalue weighted by Gasteiger charge is -2.13. The standard InChI is InChI=1S/C21H17ClN4O3/c22-16-6-4-14(5-7-16)15-9-18(23-10-15)20(28)25-17-3-1-2-13(8-17)12-26-19(27)11-24-21(26)29/h1-10,23H,11-12H2,(H,24,29)(H,25,28). The van der Waals surface area contributed by atoms with E-state index in [0.717, 1.165) is 21.6 Å². The normalized spacial score (nSPS) is 13.5. The van der Waals surface area contributed by atoms with Crippen LogP contribution in [0.4, 0.5) is 10.5 Å². The summed E-state index contributed by atoms with van der Waals surface area (Å²) < 4.78 is 0. The highest BCUT2D eigenvalue weighted by Gasteiger charge is 2.28. The Morgan fingerprint density at radius 3 is 2.59 bits per heavy atom. The molecule has 0 spiro atoms. The molecule has 1 saturated heterocycles. The van der Waals surface area contributed by atoms with Crippen molar-refractivity contribution in [3.63, 3.8) is 0 Å². The van der Waals surface area contributed by atoms with Gasteiger partial charge in [-0.1, -0.05) is 35.9 Å². The number of anilines is 1. The summed E-state index contributed by atoms with van der Waals surface area (Å²) in [7, 11) is 0. The fourth-order valence-corrected chi connectivity index (χ4v) is 3.20. The third-order valence-corrected chi connectivity index (χ3v) is 4.82. The lowest BCUT2D eigenvalue weighted by molar-refractivity contribution is -0.125. The molecule has 4 amide bonds. The van der Waals surface area contributed by atoms with Crippen molar-refractivity contribution in [3.05, 3.63) is 77.1 Å². The van der Waals surface area contributed by atoms with Crippen molar-refractivity contribution < 1.29 is 14.4 Å². The summed E-state index contributed by atoms with van der Waals surface area (Å²) in [6, 6.07) is 15.7. The number of carbonyl (C=O) groups is 3. The molecule has 0 aliphatic carbocycles. The fraction of sp³-hybridized carbons (Fsp3) is 0.0952. The van der Waals surface area contributed by atoms with Gasteiger partial charge in [-0.3, -0.25) is 14.5 Å². The zero-order valence-electron chi connectivity index (χ0n) is 15.2. The van der Waals surface area contributed by atoms with Gasteiger partial charge in [-0.2, -0.15) is 0 Å². The van der Waals surface area contributed by atoms with Gasteiger partial charge in [0.15, 0.2) is 0 Å². The highest BCUT2D eigenvalue weighted by molar-refractivity contribution is 6.30. The summed E-state index contributed by atoms with van der Waals surface area (Å²) in [5.41, 5.74) is 3.54. The maximum atomic E-state index is 12.6. The largest absolute Gasteiger partial charge is 0.357 e. The second-order valence-electron chi connectivity index (χ2n) is 6.60. The second kappa shape index (κ2) is 7.81. The van der Waals surface area contributed by atoms with Gasteiger partial charge in [-0.15, -0.1) is 0 Å². The van der Waals surface area contributed by atoms with E-state index < -0.39 is 6.03 Å². The second-order valence-corrected chi connectivity index (χ2v) is 7.04. The number of aromatic amines is 1. The van der Waals surface area contributed by atoms with E-state index >= 15 is 0 Å². The van der Waals surface area contributed by atoms with E-state index in [2.05, 4.69) is 15.6 Å². The Kier molecular flexibility index (Phi) is 5.05. The van der Waals surface area contributed by atoms with E-state index in [1.54, 1.807) is 48.7 Å². The van der Waals surface area contributed by atoms with Crippen molar-refractivity contribution in [2.45, 2.75) is 6.54 Å². The molecule has 2 heterocycles. The lowest BCUT2D eigenvalue weighted by atomic mass is 10.1. The first-order valence-electron chi connectivity index (χ1n) is 8.92. The number of carbonyl (C=O) groups excluding carboxylic acids is 3. The zero-order valence-corrected chi connectivity index (χ0v) is 16.0. The van der Waals surface area contributed by atoms with Gasteiger partial charge in [0, 0.05) is 16.9 Å². The highest BCUT2D eigenvalue weighted by atomic mass is 35.5. The van der Waals surface area contributed by atoms with Crippen molar-refractivity contribution in [1.82, 2.24) is 15.2 Å². The summed E-state index contributed by atoms with van der Waals surface area (Å²) >= 11 is 5.91. The first-order chi connectivity index (χ1) is 14.0. The van der Waals surface area contributed by atoms with Crippen LogP contribution in [-0.4, -0.2) is 34.3 Å². The van der Waals surface area contributed by atoms with Crippen LogP contribution in [0.15, 0.2) is 60.8 Å². The molecule has 8 heteroatoms. The van der Waals surface area contributed by atoms with Crippen LogP contribution in [0.3, 0.4) is 0 Å². The van der Waals surface area contributed by atoms with Crippen LogP contribution in [0.1, 0.15) is 16.1 Å². The predicted octanol–water partition coefficient (Wildman–Crippen LogP) is 3.64. The molecule has 7 nitrogen and oxygen atoms in total. The van der Waals surface area contributed by atoms with Crippen molar-refractivity contribution >= 4 is 35.1 Å². The van der Waals surface area contributed by atoms with E-state index in [1.807, 2.05) is 12.1 Å². The Morgan fingerprint density at radius 1 is 1.07 bits per heavy atom. The van der Waals surface area contributed by atoms with Gasteiger partial charge >= 0.3 is 6.03 Å². The number of benzene rings is 2. The zero-order chi connectivity index (χ0) is 20.4. The number of hydrogen-bond acceptors (Lipinski definition) is 3. The molecule has 29 heavy (non-hydrogen) atoms. The molecule has 1 fully saturated rings. The first kappa shape index (κ1) is 18.8. The van der Waals surface area contributed by atoms with E-state index in [9.17, 15) is 14.4 Å². The third-order valence-electron chi connectivity index (χ3n) is 4.57. The van der Waals surface area contributed by atoms with E-state index in [1.165, 1.54) is 0 Å². The number of H-pyrrole nitrogens is 1. The van der Waals surface area contributed by atoms with Gasteiger partial charge in [0.1, 0.15) is 5.69 Å². The van der Waals surface area contributed by atoms with Crippen LogP contribution in [0.2, 0.25) is 5.02 Å². The van der Waals surface area contributed by atoms with Crippen LogP contribution in [0.25, 0.3) is 11.1 Å². The predicted molar refractivity (Wildman–Crippen MR) is 110 cm³/mol. The van der Waals surface area contributed by atoms with E-state index in [4.69, 9.17) is 11.6 Å². The number of aromatic nitrogens is 1. The van der Waals surface area contributed by atoms with Crippen LogP contribution >= 0.6 is 11.6 Å². The van der Waals surface area contributed by atoms with E-state index in [-0.39, 0.29) is 24.9 Å². The Labute approximate surface area is 171 Å². The number of halogens is 1. The molecule has 0 bridgehead atoms. The van der Waals surface area contributed by atoms with Crippen LogP contribution in [-0.2, 0) is 11.3 Å². The van der Waals surface area contributed by atoms with Crippen molar-refractivity contribution in [2.24, 2.45) is 0 Å². The Bertz CT molecular complexity index is 1080. The number of nitrogens with one attached hydrogen (secondary N) is 3. The average Bonchev–Trinajstić information content (AvgIpc) is 3.32. The van der Waals surface area contributed by atoms with Gasteiger partial charge in [0.2, 0.25) is 5.91 Å². The molecule has 1 aromatic heterocycles. The Balaban J connectivity index is 1.45. The molecule has 2 aromatic carbocycles. The summed E-state index contributed by atoms with van der Waals surface area (Å²) in [5.74, 6) is -0.567. The Hall–Kier alpha value is -3.58. The fourth-order valence-electron chi connectivity index (χ4n) is 3.08. The van der Waals surface area contributed by atoms with Gasteiger partial charge in [0.25, 0.3) is 5.91 Å². The van der Waals surface area contributed by atoms with Gasteiger partial charge in [0.05, 0.1) is 13.1 Å². The summed E-state index contributed by atoms with van der Waals surface area (Å²) in [6.45, 7) is 0.162. The molecule has 0 unspecified atom stereocenters. The van der Waals surface area contributed by atoms with Gasteiger partial charge in [-0.25, -0.2) is 4.79 Å². The topological polar surface area (TPSA) is 94.3 Å². The third kappa shape index (κ3) is 4.14. The molecule has 4 rings (SSSR count). The van der Waals surface area contributed by atoms with Crippen LogP contribution in [0.5, 0.6) is 0 Å². The van der Waals surface area contributed by atoms with Crippen molar-refractivity contribution in [1.29, 1.82) is 0 Å². The molecule has 0 saturated carbocycles. The number of imide groups is 1.